The van der Waals surface area contributed by atoms with E-state index < -0.39 is 0 Å². The largest absolute Gasteiger partial charge is 0.370 e. The van der Waals surface area contributed by atoms with Crippen molar-refractivity contribution in [1.82, 2.24) is 29.7 Å². The summed E-state index contributed by atoms with van der Waals surface area (Å²) in [5.41, 5.74) is 3.20. The molecule has 6 rings (SSSR count). The van der Waals surface area contributed by atoms with E-state index >= 15 is 0 Å². The Kier molecular flexibility index (Phi) is 5.59. The van der Waals surface area contributed by atoms with Gasteiger partial charge in [-0.15, -0.1) is 0 Å². The fourth-order valence-electron chi connectivity index (χ4n) is 5.83. The van der Waals surface area contributed by atoms with Gasteiger partial charge in [0.05, 0.1) is 11.9 Å². The molecule has 3 aliphatic rings. The Bertz CT molecular complexity index is 1210. The minimum atomic E-state index is -0.00105. The highest BCUT2D eigenvalue weighted by molar-refractivity contribution is 5.97. The van der Waals surface area contributed by atoms with Crippen LogP contribution in [0.2, 0.25) is 0 Å². The molecule has 184 valence electrons. The molecule has 1 spiro atoms. The van der Waals surface area contributed by atoms with Gasteiger partial charge < -0.3 is 25.0 Å². The van der Waals surface area contributed by atoms with Crippen LogP contribution >= 0.6 is 0 Å². The van der Waals surface area contributed by atoms with Crippen LogP contribution in [-0.4, -0.2) is 70.6 Å². The molecule has 5 heterocycles. The first-order valence-electron chi connectivity index (χ1n) is 12.8. The number of hydrogen-bond donors (Lipinski definition) is 2. The Labute approximate surface area is 205 Å². The summed E-state index contributed by atoms with van der Waals surface area (Å²) in [6.07, 6.45) is 10.7. The number of nitrogens with zero attached hydrogens (tertiary/aromatic N) is 6. The van der Waals surface area contributed by atoms with E-state index in [4.69, 9.17) is 4.98 Å². The Morgan fingerprint density at radius 3 is 2.51 bits per heavy atom. The molecule has 9 nitrogen and oxygen atoms in total. The summed E-state index contributed by atoms with van der Waals surface area (Å²) >= 11 is 0. The molecule has 3 fully saturated rings. The molecule has 0 bridgehead atoms. The van der Waals surface area contributed by atoms with Gasteiger partial charge in [0.25, 0.3) is 5.91 Å². The number of amides is 1. The maximum Gasteiger partial charge on any atom is 0.270 e. The summed E-state index contributed by atoms with van der Waals surface area (Å²) in [4.78, 5) is 31.0. The number of nitrogens with one attached hydrogen (secondary N) is 2. The van der Waals surface area contributed by atoms with Gasteiger partial charge in [-0.2, -0.15) is 4.98 Å². The predicted octanol–water partition coefficient (Wildman–Crippen LogP) is 3.58. The van der Waals surface area contributed by atoms with E-state index in [1.807, 2.05) is 18.3 Å². The highest BCUT2D eigenvalue weighted by Gasteiger charge is 2.39. The summed E-state index contributed by atoms with van der Waals surface area (Å²) in [6, 6.07) is 6.34. The molecule has 0 atom stereocenters. The molecular formula is C26H34N8O. The van der Waals surface area contributed by atoms with Crippen molar-refractivity contribution >= 4 is 34.4 Å². The molecule has 2 N–H and O–H groups in total. The van der Waals surface area contributed by atoms with E-state index in [0.717, 1.165) is 42.7 Å². The van der Waals surface area contributed by atoms with Crippen molar-refractivity contribution in [3.63, 3.8) is 0 Å². The summed E-state index contributed by atoms with van der Waals surface area (Å²) in [5.74, 6) is 1.21. The Balaban J connectivity index is 1.22. The molecule has 0 aromatic carbocycles. The van der Waals surface area contributed by atoms with Gasteiger partial charge in [-0.25, -0.2) is 9.97 Å². The highest BCUT2D eigenvalue weighted by Crippen LogP contribution is 2.37. The molecule has 9 heteroatoms. The number of carbonyl (C=O) groups excluding carboxylic acids is 1. The zero-order valence-electron chi connectivity index (χ0n) is 20.6. The molecule has 2 saturated heterocycles. The van der Waals surface area contributed by atoms with Crippen molar-refractivity contribution in [1.29, 1.82) is 0 Å². The van der Waals surface area contributed by atoms with Gasteiger partial charge in [0, 0.05) is 57.9 Å². The number of aromatic nitrogens is 4. The van der Waals surface area contributed by atoms with Crippen LogP contribution in [0, 0.1) is 5.41 Å². The molecule has 1 aliphatic carbocycles. The van der Waals surface area contributed by atoms with Crippen molar-refractivity contribution in [2.75, 3.05) is 50.5 Å². The van der Waals surface area contributed by atoms with Crippen molar-refractivity contribution < 1.29 is 4.79 Å². The molecule has 0 unspecified atom stereocenters. The smallest absolute Gasteiger partial charge is 0.270 e. The number of carbonyl (C=O) groups is 1. The fourth-order valence-corrected chi connectivity index (χ4v) is 5.83. The summed E-state index contributed by atoms with van der Waals surface area (Å²) in [7, 11) is 3.58. The second-order valence-electron chi connectivity index (χ2n) is 10.6. The minimum absolute atomic E-state index is 0.00105. The summed E-state index contributed by atoms with van der Waals surface area (Å²) < 4.78 is 2.13. The van der Waals surface area contributed by atoms with E-state index in [1.54, 1.807) is 25.2 Å². The summed E-state index contributed by atoms with van der Waals surface area (Å²) in [6.45, 7) is 4.51. The van der Waals surface area contributed by atoms with E-state index in [2.05, 4.69) is 36.1 Å². The minimum Gasteiger partial charge on any atom is -0.370 e. The molecule has 2 aliphatic heterocycles. The topological polar surface area (TPSA) is 91.2 Å². The van der Waals surface area contributed by atoms with E-state index in [-0.39, 0.29) is 5.91 Å². The maximum absolute atomic E-state index is 12.9. The van der Waals surface area contributed by atoms with Gasteiger partial charge in [0.15, 0.2) is 0 Å². The lowest BCUT2D eigenvalue weighted by Crippen LogP contribution is -2.58. The van der Waals surface area contributed by atoms with Crippen LogP contribution in [0.4, 0.5) is 17.5 Å². The van der Waals surface area contributed by atoms with Crippen molar-refractivity contribution in [3.05, 3.63) is 36.3 Å². The zero-order valence-corrected chi connectivity index (χ0v) is 20.6. The molecule has 1 saturated carbocycles. The van der Waals surface area contributed by atoms with Gasteiger partial charge in [0.2, 0.25) is 5.95 Å². The Morgan fingerprint density at radius 2 is 1.89 bits per heavy atom. The van der Waals surface area contributed by atoms with E-state index in [1.165, 1.54) is 38.8 Å². The first-order valence-corrected chi connectivity index (χ1v) is 12.8. The lowest BCUT2D eigenvalue weighted by atomic mass is 9.73. The van der Waals surface area contributed by atoms with Crippen LogP contribution in [-0.2, 0) is 0 Å². The zero-order chi connectivity index (χ0) is 24.0. The second kappa shape index (κ2) is 8.78. The number of rotatable bonds is 5. The number of piperidine rings is 1. The van der Waals surface area contributed by atoms with Crippen LogP contribution in [0.1, 0.15) is 55.1 Å². The quantitative estimate of drug-likeness (QED) is 0.584. The monoisotopic (exact) mass is 474 g/mol. The van der Waals surface area contributed by atoms with Crippen LogP contribution in [0.5, 0.6) is 0 Å². The summed E-state index contributed by atoms with van der Waals surface area (Å²) in [5, 5.41) is 7.58. The third kappa shape index (κ3) is 4.11. The number of anilines is 3. The van der Waals surface area contributed by atoms with Crippen molar-refractivity contribution in [3.8, 4) is 0 Å². The van der Waals surface area contributed by atoms with E-state index in [9.17, 15) is 4.79 Å². The van der Waals surface area contributed by atoms with Gasteiger partial charge >= 0.3 is 0 Å². The second-order valence-corrected chi connectivity index (χ2v) is 10.6. The third-order valence-electron chi connectivity index (χ3n) is 8.07. The number of hydrogen-bond acceptors (Lipinski definition) is 7. The normalized spacial score (nSPS) is 19.8. The highest BCUT2D eigenvalue weighted by atomic mass is 16.2. The van der Waals surface area contributed by atoms with Crippen LogP contribution in [0.25, 0.3) is 11.0 Å². The molecule has 35 heavy (non-hydrogen) atoms. The van der Waals surface area contributed by atoms with Crippen molar-refractivity contribution in [2.24, 2.45) is 5.41 Å². The molecule has 3 aromatic heterocycles. The molecular weight excluding hydrogens is 440 g/mol. The van der Waals surface area contributed by atoms with Gasteiger partial charge in [-0.1, -0.05) is 12.8 Å². The van der Waals surface area contributed by atoms with Crippen LogP contribution in [0.15, 0.2) is 30.6 Å². The van der Waals surface area contributed by atoms with Gasteiger partial charge in [-0.05, 0) is 49.3 Å². The lowest BCUT2D eigenvalue weighted by molar-refractivity contribution is 0.0815. The molecule has 1 amide bonds. The predicted molar refractivity (Wildman–Crippen MR) is 137 cm³/mol. The fraction of sp³-hybridized carbons (Fsp3) is 0.538. The standard InChI is InChI=1S/C26H34N8O/c1-32(2)24(35)21-13-18-14-29-25(31-23(18)34(21)19-5-3-4-6-19)30-22-8-7-20(15-28-22)33-11-9-26(10-12-33)16-27-17-26/h7-8,13-15,19,27H,3-6,9-12,16-17H2,1-2H3,(H,28,29,30,31). The molecule has 3 aromatic rings. The average molecular weight is 475 g/mol. The van der Waals surface area contributed by atoms with Gasteiger partial charge in [-0.3, -0.25) is 4.79 Å². The SMILES string of the molecule is CN(C)C(=O)c1cc2cnc(Nc3ccc(N4CCC5(CC4)CNC5)cn3)nc2n1C1CCCC1. The van der Waals surface area contributed by atoms with Crippen molar-refractivity contribution in [2.45, 2.75) is 44.6 Å². The first-order chi connectivity index (χ1) is 17.0. The lowest BCUT2D eigenvalue weighted by Gasteiger charge is -2.48. The van der Waals surface area contributed by atoms with Crippen LogP contribution < -0.4 is 15.5 Å². The first kappa shape index (κ1) is 22.3. The Morgan fingerprint density at radius 1 is 1.11 bits per heavy atom. The number of fused-ring (bicyclic) bond motifs is 1. The number of pyridine rings is 1. The Hall–Kier alpha value is -3.20. The van der Waals surface area contributed by atoms with E-state index in [0.29, 0.717) is 28.9 Å². The van der Waals surface area contributed by atoms with Crippen LogP contribution in [0.3, 0.4) is 0 Å². The maximum atomic E-state index is 12.9. The third-order valence-corrected chi connectivity index (χ3v) is 8.07. The average Bonchev–Trinajstić information content (AvgIpc) is 3.50. The van der Waals surface area contributed by atoms with Gasteiger partial charge in [0.1, 0.15) is 17.2 Å². The molecule has 0 radical (unpaired) electrons.